The molecule has 1 aliphatic rings. The Morgan fingerprint density at radius 2 is 1.79 bits per heavy atom. The van der Waals surface area contributed by atoms with Gasteiger partial charge in [-0.15, -0.1) is 0 Å². The summed E-state index contributed by atoms with van der Waals surface area (Å²) in [7, 11) is 0. The third-order valence-electron chi connectivity index (χ3n) is 3.91. The van der Waals surface area contributed by atoms with Gasteiger partial charge in [0.25, 0.3) is 0 Å². The van der Waals surface area contributed by atoms with Gasteiger partial charge in [0.1, 0.15) is 0 Å². The highest BCUT2D eigenvalue weighted by Gasteiger charge is 2.16. The summed E-state index contributed by atoms with van der Waals surface area (Å²) in [5.41, 5.74) is 1.43. The fourth-order valence-corrected chi connectivity index (χ4v) is 2.47. The molecule has 0 spiro atoms. The number of allylic oxidation sites excluding steroid dienone is 2. The Kier molecular flexibility index (Phi) is 7.78. The fourth-order valence-electron chi connectivity index (χ4n) is 2.47. The topological polar surface area (TPSA) is 30.3 Å². The molecule has 0 aliphatic carbocycles. The van der Waals surface area contributed by atoms with Crippen LogP contribution in [0.25, 0.3) is 0 Å². The summed E-state index contributed by atoms with van der Waals surface area (Å²) in [4.78, 5) is 4.79. The minimum absolute atomic E-state index is 0.590. The molecule has 0 N–H and O–H groups in total. The second kappa shape index (κ2) is 9.12. The predicted octanol–water partition coefficient (Wildman–Crippen LogP) is 2.90. The molecule has 108 valence electrons. The first-order chi connectivity index (χ1) is 9.11. The third-order valence-corrected chi connectivity index (χ3v) is 3.91. The van der Waals surface area contributed by atoms with Crippen LogP contribution in [-0.2, 0) is 0 Å². The number of piperazine rings is 1. The van der Waals surface area contributed by atoms with E-state index in [-0.39, 0.29) is 0 Å². The van der Waals surface area contributed by atoms with E-state index in [0.717, 1.165) is 32.1 Å². The van der Waals surface area contributed by atoms with Gasteiger partial charge in [0, 0.05) is 26.2 Å². The van der Waals surface area contributed by atoms with E-state index >= 15 is 0 Å². The van der Waals surface area contributed by atoms with Crippen LogP contribution in [0.15, 0.2) is 11.6 Å². The van der Waals surface area contributed by atoms with Crippen LogP contribution in [0.3, 0.4) is 0 Å². The molecule has 1 heterocycles. The largest absolute Gasteiger partial charge is 0.301 e. The van der Waals surface area contributed by atoms with Crippen LogP contribution >= 0.6 is 0 Å². The van der Waals surface area contributed by atoms with Crippen molar-refractivity contribution in [2.45, 2.75) is 40.0 Å². The van der Waals surface area contributed by atoms with Gasteiger partial charge >= 0.3 is 0 Å². The summed E-state index contributed by atoms with van der Waals surface area (Å²) >= 11 is 0. The van der Waals surface area contributed by atoms with E-state index in [1.54, 1.807) is 0 Å². The van der Waals surface area contributed by atoms with Crippen molar-refractivity contribution in [2.24, 2.45) is 5.92 Å². The van der Waals surface area contributed by atoms with Gasteiger partial charge < -0.3 is 4.90 Å². The summed E-state index contributed by atoms with van der Waals surface area (Å²) in [6.07, 6.45) is 6.17. The van der Waals surface area contributed by atoms with Gasteiger partial charge in [0.2, 0.25) is 0 Å². The maximum Gasteiger partial charge on any atom is 0.0866 e. The number of rotatable bonds is 7. The maximum absolute atomic E-state index is 8.67. The van der Waals surface area contributed by atoms with Crippen molar-refractivity contribution >= 4 is 0 Å². The highest BCUT2D eigenvalue weighted by molar-refractivity contribution is 4.92. The smallest absolute Gasteiger partial charge is 0.0866 e. The second-order valence-corrected chi connectivity index (χ2v) is 6.03. The van der Waals surface area contributed by atoms with Crippen molar-refractivity contribution < 1.29 is 0 Å². The molecule has 3 nitrogen and oxygen atoms in total. The van der Waals surface area contributed by atoms with E-state index in [9.17, 15) is 0 Å². The van der Waals surface area contributed by atoms with Crippen molar-refractivity contribution in [3.63, 3.8) is 0 Å². The van der Waals surface area contributed by atoms with Gasteiger partial charge in [-0.1, -0.05) is 18.6 Å². The SMILES string of the molecule is CC(C)=CCC[C@@H](C)CCN1CCN(CC#N)CC1. The molecule has 19 heavy (non-hydrogen) atoms. The summed E-state index contributed by atoms with van der Waals surface area (Å²) in [5.74, 6) is 0.813. The van der Waals surface area contributed by atoms with E-state index in [2.05, 4.69) is 42.7 Å². The maximum atomic E-state index is 8.67. The summed E-state index contributed by atoms with van der Waals surface area (Å²) < 4.78 is 0. The first kappa shape index (κ1) is 16.2. The number of nitriles is 1. The van der Waals surface area contributed by atoms with Crippen LogP contribution in [0.4, 0.5) is 0 Å². The van der Waals surface area contributed by atoms with E-state index in [0.29, 0.717) is 6.54 Å². The van der Waals surface area contributed by atoms with E-state index in [1.165, 1.54) is 31.4 Å². The van der Waals surface area contributed by atoms with E-state index in [1.807, 2.05) is 0 Å². The van der Waals surface area contributed by atoms with Crippen molar-refractivity contribution in [2.75, 3.05) is 39.3 Å². The second-order valence-electron chi connectivity index (χ2n) is 6.03. The Hall–Kier alpha value is -0.850. The summed E-state index contributed by atoms with van der Waals surface area (Å²) in [5, 5.41) is 8.67. The van der Waals surface area contributed by atoms with E-state index in [4.69, 9.17) is 5.26 Å². The predicted molar refractivity (Wildman–Crippen MR) is 80.9 cm³/mol. The molecule has 0 aromatic heterocycles. The van der Waals surface area contributed by atoms with Gasteiger partial charge in [-0.05, 0) is 45.6 Å². The lowest BCUT2D eigenvalue weighted by Gasteiger charge is -2.33. The van der Waals surface area contributed by atoms with Crippen LogP contribution < -0.4 is 0 Å². The molecule has 0 saturated carbocycles. The molecule has 3 heteroatoms. The molecule has 1 saturated heterocycles. The standard InChI is InChI=1S/C16H29N3/c1-15(2)5-4-6-16(3)7-9-18-11-13-19(10-8-17)14-12-18/h5,16H,4,6-7,9-14H2,1-3H3/t16-/m1/s1. The zero-order chi connectivity index (χ0) is 14.1. The monoisotopic (exact) mass is 263 g/mol. The zero-order valence-corrected chi connectivity index (χ0v) is 12.9. The molecular formula is C16H29N3. The number of hydrogen-bond donors (Lipinski definition) is 0. The third kappa shape index (κ3) is 7.34. The number of nitrogens with zero attached hydrogens (tertiary/aromatic N) is 3. The molecule has 0 amide bonds. The lowest BCUT2D eigenvalue weighted by Crippen LogP contribution is -2.46. The Bertz CT molecular complexity index is 304. The minimum atomic E-state index is 0.590. The Balaban J connectivity index is 2.10. The quantitative estimate of drug-likeness (QED) is 0.522. The van der Waals surface area contributed by atoms with Crippen molar-refractivity contribution in [3.05, 3.63) is 11.6 Å². The highest BCUT2D eigenvalue weighted by atomic mass is 15.3. The minimum Gasteiger partial charge on any atom is -0.301 e. The Labute approximate surface area is 118 Å². The van der Waals surface area contributed by atoms with Gasteiger partial charge in [0.15, 0.2) is 0 Å². The van der Waals surface area contributed by atoms with Crippen molar-refractivity contribution in [1.82, 2.24) is 9.80 Å². The molecule has 0 unspecified atom stereocenters. The van der Waals surface area contributed by atoms with Crippen LogP contribution in [-0.4, -0.2) is 49.1 Å². The molecule has 0 bridgehead atoms. The van der Waals surface area contributed by atoms with Crippen LogP contribution in [0.5, 0.6) is 0 Å². The first-order valence-corrected chi connectivity index (χ1v) is 7.57. The molecule has 1 atom stereocenters. The molecule has 1 aliphatic heterocycles. The normalized spacial score (nSPS) is 18.8. The highest BCUT2D eigenvalue weighted by Crippen LogP contribution is 2.13. The molecular weight excluding hydrogens is 234 g/mol. The molecule has 1 fully saturated rings. The molecule has 0 aromatic rings. The molecule has 0 aromatic carbocycles. The van der Waals surface area contributed by atoms with Crippen molar-refractivity contribution in [1.29, 1.82) is 5.26 Å². The van der Waals surface area contributed by atoms with Gasteiger partial charge in [-0.25, -0.2) is 0 Å². The van der Waals surface area contributed by atoms with Gasteiger partial charge in [-0.2, -0.15) is 5.26 Å². The lowest BCUT2D eigenvalue weighted by atomic mass is 10.0. The zero-order valence-electron chi connectivity index (χ0n) is 12.9. The van der Waals surface area contributed by atoms with E-state index < -0.39 is 0 Å². The number of hydrogen-bond acceptors (Lipinski definition) is 3. The lowest BCUT2D eigenvalue weighted by molar-refractivity contribution is 0.137. The average molecular weight is 263 g/mol. The Morgan fingerprint density at radius 3 is 2.37 bits per heavy atom. The fraction of sp³-hybridized carbons (Fsp3) is 0.812. The van der Waals surface area contributed by atoms with Crippen LogP contribution in [0.2, 0.25) is 0 Å². The van der Waals surface area contributed by atoms with Crippen molar-refractivity contribution in [3.8, 4) is 6.07 Å². The molecule has 1 rings (SSSR count). The van der Waals surface area contributed by atoms with Gasteiger partial charge in [-0.3, -0.25) is 4.90 Å². The van der Waals surface area contributed by atoms with Crippen LogP contribution in [0, 0.1) is 17.2 Å². The van der Waals surface area contributed by atoms with Gasteiger partial charge in [0.05, 0.1) is 12.6 Å². The first-order valence-electron chi connectivity index (χ1n) is 7.57. The summed E-state index contributed by atoms with van der Waals surface area (Å²) in [6, 6.07) is 2.24. The average Bonchev–Trinajstić information content (AvgIpc) is 2.38. The van der Waals surface area contributed by atoms with Crippen LogP contribution in [0.1, 0.15) is 40.0 Å². The Morgan fingerprint density at radius 1 is 1.16 bits per heavy atom. The summed E-state index contributed by atoms with van der Waals surface area (Å²) in [6.45, 7) is 12.9. The molecule has 0 radical (unpaired) electrons.